The maximum atomic E-state index is 6.46. The van der Waals surface area contributed by atoms with E-state index in [1.165, 1.54) is 17.7 Å². The summed E-state index contributed by atoms with van der Waals surface area (Å²) in [5.41, 5.74) is 6.46. The van der Waals surface area contributed by atoms with Gasteiger partial charge in [0.05, 0.1) is 12.6 Å². The van der Waals surface area contributed by atoms with E-state index in [0.29, 0.717) is 12.1 Å². The molecule has 1 aromatic rings. The minimum absolute atomic E-state index is 0.187. The fraction of sp³-hybridized carbons (Fsp3) is 0.750. The Morgan fingerprint density at radius 3 is 2.75 bits per heavy atom. The second-order valence-electron chi connectivity index (χ2n) is 5.84. The molecule has 3 nitrogen and oxygen atoms in total. The Morgan fingerprint density at radius 1 is 1.50 bits per heavy atom. The van der Waals surface area contributed by atoms with Gasteiger partial charge >= 0.3 is 0 Å². The minimum atomic E-state index is 0.187. The van der Waals surface area contributed by atoms with Gasteiger partial charge in [-0.2, -0.15) is 0 Å². The summed E-state index contributed by atoms with van der Waals surface area (Å²) >= 11 is 1.82. The summed E-state index contributed by atoms with van der Waals surface area (Å²) in [6, 6.07) is 5.46. The van der Waals surface area contributed by atoms with Crippen LogP contribution in [0.3, 0.4) is 0 Å². The summed E-state index contributed by atoms with van der Waals surface area (Å²) in [7, 11) is 1.78. The van der Waals surface area contributed by atoms with Gasteiger partial charge < -0.3 is 10.5 Å². The fourth-order valence-electron chi connectivity index (χ4n) is 2.95. The molecule has 3 unspecified atom stereocenters. The number of nitrogens with zero attached hydrogens (tertiary/aromatic N) is 1. The molecule has 0 radical (unpaired) electrons. The van der Waals surface area contributed by atoms with Crippen molar-refractivity contribution >= 4 is 11.3 Å². The van der Waals surface area contributed by atoms with E-state index in [4.69, 9.17) is 10.5 Å². The van der Waals surface area contributed by atoms with Crippen LogP contribution in [0.5, 0.6) is 0 Å². The van der Waals surface area contributed by atoms with Crippen LogP contribution in [-0.2, 0) is 4.74 Å². The normalized spacial score (nSPS) is 20.1. The highest BCUT2D eigenvalue weighted by Gasteiger charge is 2.37. The van der Waals surface area contributed by atoms with Crippen LogP contribution in [0.15, 0.2) is 17.5 Å². The molecule has 2 rings (SSSR count). The first-order valence-corrected chi connectivity index (χ1v) is 8.60. The maximum absolute atomic E-state index is 6.46. The summed E-state index contributed by atoms with van der Waals surface area (Å²) in [5.74, 6) is 0.846. The highest BCUT2D eigenvalue weighted by molar-refractivity contribution is 7.10. The molecule has 4 heteroatoms. The van der Waals surface area contributed by atoms with Crippen molar-refractivity contribution in [2.45, 2.75) is 51.2 Å². The smallest absolute Gasteiger partial charge is 0.0596 e. The zero-order valence-electron chi connectivity index (χ0n) is 12.9. The summed E-state index contributed by atoms with van der Waals surface area (Å²) in [4.78, 5) is 3.98. The van der Waals surface area contributed by atoms with Gasteiger partial charge in [0.2, 0.25) is 0 Å². The van der Waals surface area contributed by atoms with Gasteiger partial charge in [0, 0.05) is 30.6 Å². The van der Waals surface area contributed by atoms with Crippen LogP contribution in [0.4, 0.5) is 0 Å². The Bertz CT molecular complexity index is 378. The molecule has 0 bridgehead atoms. The van der Waals surface area contributed by atoms with Gasteiger partial charge in [0.1, 0.15) is 0 Å². The lowest BCUT2D eigenvalue weighted by molar-refractivity contribution is 0.0703. The van der Waals surface area contributed by atoms with E-state index >= 15 is 0 Å². The van der Waals surface area contributed by atoms with Crippen LogP contribution in [0.25, 0.3) is 0 Å². The van der Waals surface area contributed by atoms with Gasteiger partial charge in [-0.25, -0.2) is 0 Å². The van der Waals surface area contributed by atoms with Crippen molar-refractivity contribution in [2.24, 2.45) is 11.7 Å². The standard InChI is InChI=1S/C16H28N2OS/c1-4-14(17)16(15-6-5-11-20-15)18(9-10-19-3)12(2)13-7-8-13/h5-6,11-14,16H,4,7-10,17H2,1-3H3. The molecule has 0 saturated heterocycles. The van der Waals surface area contributed by atoms with E-state index < -0.39 is 0 Å². The molecular weight excluding hydrogens is 268 g/mol. The molecule has 114 valence electrons. The molecule has 1 aliphatic rings. The second kappa shape index (κ2) is 7.55. The van der Waals surface area contributed by atoms with Crippen molar-refractivity contribution in [1.82, 2.24) is 4.90 Å². The molecule has 2 N–H and O–H groups in total. The number of thiophene rings is 1. The molecule has 1 aromatic heterocycles. The van der Waals surface area contributed by atoms with E-state index in [0.717, 1.165) is 25.5 Å². The minimum Gasteiger partial charge on any atom is -0.383 e. The molecular formula is C16H28N2OS. The average Bonchev–Trinajstić information content (AvgIpc) is 3.18. The average molecular weight is 296 g/mol. The van der Waals surface area contributed by atoms with Crippen molar-refractivity contribution in [3.63, 3.8) is 0 Å². The molecule has 1 aliphatic carbocycles. The second-order valence-corrected chi connectivity index (χ2v) is 6.82. The number of ether oxygens (including phenoxy) is 1. The maximum Gasteiger partial charge on any atom is 0.0596 e. The van der Waals surface area contributed by atoms with Crippen LogP contribution < -0.4 is 5.73 Å². The predicted molar refractivity (Wildman–Crippen MR) is 86.1 cm³/mol. The first kappa shape index (κ1) is 16.0. The molecule has 0 amide bonds. The van der Waals surface area contributed by atoms with Gasteiger partial charge in [-0.15, -0.1) is 11.3 Å². The summed E-state index contributed by atoms with van der Waals surface area (Å²) in [6.07, 6.45) is 3.73. The Labute approximate surface area is 127 Å². The molecule has 20 heavy (non-hydrogen) atoms. The molecule has 0 spiro atoms. The topological polar surface area (TPSA) is 38.5 Å². The zero-order valence-corrected chi connectivity index (χ0v) is 13.7. The van der Waals surface area contributed by atoms with Crippen molar-refractivity contribution in [3.05, 3.63) is 22.4 Å². The van der Waals surface area contributed by atoms with Gasteiger partial charge in [0.25, 0.3) is 0 Å². The van der Waals surface area contributed by atoms with Gasteiger partial charge in [-0.3, -0.25) is 4.90 Å². The quantitative estimate of drug-likeness (QED) is 0.760. The predicted octanol–water partition coefficient (Wildman–Crippen LogP) is 3.27. The lowest BCUT2D eigenvalue weighted by Crippen LogP contribution is -2.47. The van der Waals surface area contributed by atoms with Gasteiger partial charge in [-0.05, 0) is 43.6 Å². The summed E-state index contributed by atoms with van der Waals surface area (Å²) in [5, 5.41) is 2.15. The van der Waals surface area contributed by atoms with Gasteiger partial charge in [-0.1, -0.05) is 13.0 Å². The summed E-state index contributed by atoms with van der Waals surface area (Å²) < 4.78 is 5.32. The van der Waals surface area contributed by atoms with Crippen molar-refractivity contribution < 1.29 is 4.74 Å². The molecule has 1 fully saturated rings. The SMILES string of the molecule is CCC(N)C(c1cccs1)N(CCOC)C(C)C1CC1. The number of methoxy groups -OCH3 is 1. The highest BCUT2D eigenvalue weighted by Crippen LogP contribution is 2.39. The number of nitrogens with two attached hydrogens (primary N) is 1. The van der Waals surface area contributed by atoms with Crippen LogP contribution in [0.2, 0.25) is 0 Å². The first-order valence-electron chi connectivity index (χ1n) is 7.72. The Kier molecular flexibility index (Phi) is 6.02. The third-order valence-electron chi connectivity index (χ3n) is 4.45. The molecule has 3 atom stereocenters. The first-order chi connectivity index (χ1) is 9.69. The van der Waals surface area contributed by atoms with Crippen LogP contribution in [-0.4, -0.2) is 37.2 Å². The van der Waals surface area contributed by atoms with Crippen molar-refractivity contribution in [1.29, 1.82) is 0 Å². The molecule has 1 heterocycles. The highest BCUT2D eigenvalue weighted by atomic mass is 32.1. The Morgan fingerprint density at radius 2 is 2.25 bits per heavy atom. The monoisotopic (exact) mass is 296 g/mol. The fourth-order valence-corrected chi connectivity index (χ4v) is 3.87. The van der Waals surface area contributed by atoms with E-state index in [1.807, 2.05) is 11.3 Å². The number of hydrogen-bond acceptors (Lipinski definition) is 4. The van der Waals surface area contributed by atoms with Gasteiger partial charge in [0.15, 0.2) is 0 Å². The molecule has 0 aliphatic heterocycles. The van der Waals surface area contributed by atoms with Crippen LogP contribution in [0.1, 0.15) is 44.0 Å². The van der Waals surface area contributed by atoms with Crippen molar-refractivity contribution in [3.8, 4) is 0 Å². The van der Waals surface area contributed by atoms with Crippen LogP contribution >= 0.6 is 11.3 Å². The van der Waals surface area contributed by atoms with E-state index in [1.54, 1.807) is 7.11 Å². The lowest BCUT2D eigenvalue weighted by atomic mass is 9.99. The largest absolute Gasteiger partial charge is 0.383 e. The lowest BCUT2D eigenvalue weighted by Gasteiger charge is -2.39. The third kappa shape index (κ3) is 3.82. The Balaban J connectivity index is 2.19. The van der Waals surface area contributed by atoms with E-state index in [2.05, 4.69) is 36.3 Å². The van der Waals surface area contributed by atoms with E-state index in [-0.39, 0.29) is 6.04 Å². The van der Waals surface area contributed by atoms with E-state index in [9.17, 15) is 0 Å². The number of hydrogen-bond donors (Lipinski definition) is 1. The van der Waals surface area contributed by atoms with Crippen molar-refractivity contribution in [2.75, 3.05) is 20.3 Å². The molecule has 0 aromatic carbocycles. The zero-order chi connectivity index (χ0) is 14.5. The number of rotatable bonds is 9. The Hall–Kier alpha value is -0.420. The third-order valence-corrected chi connectivity index (χ3v) is 5.39. The van der Waals surface area contributed by atoms with Crippen LogP contribution in [0, 0.1) is 5.92 Å². The molecule has 1 saturated carbocycles. The summed E-state index contributed by atoms with van der Waals surface area (Å²) in [6.45, 7) is 6.28.